The van der Waals surface area contributed by atoms with Gasteiger partial charge in [-0.25, -0.2) is 9.67 Å². The average molecular weight is 323 g/mol. The SMILES string of the molecule is CC(Nc1ccc(Oc2cnccn2)cc1)c1nnnn1C1CC1. The normalized spacial score (nSPS) is 15.0. The van der Waals surface area contributed by atoms with E-state index in [4.69, 9.17) is 4.74 Å². The van der Waals surface area contributed by atoms with Crippen molar-refractivity contribution in [2.45, 2.75) is 31.8 Å². The number of rotatable bonds is 6. The highest BCUT2D eigenvalue weighted by Gasteiger charge is 2.29. The minimum absolute atomic E-state index is 0.0207. The van der Waals surface area contributed by atoms with Crippen LogP contribution in [0.1, 0.15) is 37.7 Å². The van der Waals surface area contributed by atoms with Crippen molar-refractivity contribution in [1.29, 1.82) is 0 Å². The van der Waals surface area contributed by atoms with Crippen LogP contribution in [0.25, 0.3) is 0 Å². The highest BCUT2D eigenvalue weighted by Crippen LogP contribution is 2.35. The van der Waals surface area contributed by atoms with Crippen molar-refractivity contribution < 1.29 is 4.74 Å². The summed E-state index contributed by atoms with van der Waals surface area (Å²) in [6.07, 6.45) is 7.08. The van der Waals surface area contributed by atoms with Crippen molar-refractivity contribution in [2.75, 3.05) is 5.32 Å². The number of ether oxygens (including phenoxy) is 1. The molecule has 0 amide bonds. The minimum atomic E-state index is 0.0207. The maximum Gasteiger partial charge on any atom is 0.237 e. The lowest BCUT2D eigenvalue weighted by Crippen LogP contribution is -2.14. The highest BCUT2D eigenvalue weighted by atomic mass is 16.5. The number of tetrazole rings is 1. The number of anilines is 1. The second-order valence-electron chi connectivity index (χ2n) is 5.75. The van der Waals surface area contributed by atoms with Crippen LogP contribution in [0.3, 0.4) is 0 Å². The number of nitrogens with zero attached hydrogens (tertiary/aromatic N) is 6. The van der Waals surface area contributed by atoms with Gasteiger partial charge in [0.1, 0.15) is 5.75 Å². The van der Waals surface area contributed by atoms with Gasteiger partial charge < -0.3 is 10.1 Å². The molecule has 8 nitrogen and oxygen atoms in total. The fourth-order valence-electron chi connectivity index (χ4n) is 2.46. The molecule has 1 aromatic carbocycles. The van der Waals surface area contributed by atoms with Crippen LogP contribution in [0, 0.1) is 0 Å². The Labute approximate surface area is 138 Å². The summed E-state index contributed by atoms with van der Waals surface area (Å²) in [6, 6.07) is 8.15. The number of benzene rings is 1. The van der Waals surface area contributed by atoms with Gasteiger partial charge in [0.25, 0.3) is 0 Å². The molecule has 1 N–H and O–H groups in total. The summed E-state index contributed by atoms with van der Waals surface area (Å²) in [5.41, 5.74) is 0.972. The van der Waals surface area contributed by atoms with Gasteiger partial charge in [0, 0.05) is 18.1 Å². The molecule has 122 valence electrons. The Morgan fingerprint density at radius 3 is 2.75 bits per heavy atom. The Bertz CT molecular complexity index is 799. The first-order valence-electron chi connectivity index (χ1n) is 7.88. The predicted molar refractivity (Wildman–Crippen MR) is 86.7 cm³/mol. The van der Waals surface area contributed by atoms with E-state index in [0.717, 1.165) is 24.4 Å². The number of hydrogen-bond donors (Lipinski definition) is 1. The first-order chi connectivity index (χ1) is 11.8. The van der Waals surface area contributed by atoms with Gasteiger partial charge in [-0.3, -0.25) is 4.98 Å². The third kappa shape index (κ3) is 3.17. The Morgan fingerprint density at radius 2 is 2.04 bits per heavy atom. The molecule has 1 saturated carbocycles. The molecule has 0 saturated heterocycles. The van der Waals surface area contributed by atoms with Gasteiger partial charge in [-0.05, 0) is 54.5 Å². The molecule has 1 aliphatic rings. The summed E-state index contributed by atoms with van der Waals surface area (Å²) < 4.78 is 7.55. The van der Waals surface area contributed by atoms with Gasteiger partial charge in [-0.1, -0.05) is 0 Å². The Kier molecular flexibility index (Phi) is 3.78. The van der Waals surface area contributed by atoms with Crippen LogP contribution < -0.4 is 10.1 Å². The topological polar surface area (TPSA) is 90.6 Å². The molecule has 2 aromatic heterocycles. The van der Waals surface area contributed by atoms with E-state index in [2.05, 4.69) is 37.7 Å². The Hall–Kier alpha value is -3.03. The van der Waals surface area contributed by atoms with Gasteiger partial charge in [-0.15, -0.1) is 5.10 Å². The van der Waals surface area contributed by atoms with Gasteiger partial charge in [-0.2, -0.15) is 0 Å². The molecule has 0 bridgehead atoms. The van der Waals surface area contributed by atoms with Gasteiger partial charge in [0.05, 0.1) is 18.3 Å². The van der Waals surface area contributed by atoms with Crippen LogP contribution in [-0.2, 0) is 0 Å². The van der Waals surface area contributed by atoms with E-state index < -0.39 is 0 Å². The van der Waals surface area contributed by atoms with E-state index in [-0.39, 0.29) is 6.04 Å². The quantitative estimate of drug-likeness (QED) is 0.745. The molecule has 4 rings (SSSR count). The molecular formula is C16H17N7O. The zero-order chi connectivity index (χ0) is 16.4. The molecule has 0 spiro atoms. The molecular weight excluding hydrogens is 306 g/mol. The number of aromatic nitrogens is 6. The van der Waals surface area contributed by atoms with Crippen molar-refractivity contribution in [3.63, 3.8) is 0 Å². The molecule has 1 fully saturated rings. The van der Waals surface area contributed by atoms with Crippen molar-refractivity contribution in [3.05, 3.63) is 48.7 Å². The summed E-state index contributed by atoms with van der Waals surface area (Å²) in [5, 5.41) is 15.4. The van der Waals surface area contributed by atoms with Gasteiger partial charge >= 0.3 is 0 Å². The van der Waals surface area contributed by atoms with Gasteiger partial charge in [0.15, 0.2) is 5.82 Å². The summed E-state index contributed by atoms with van der Waals surface area (Å²) in [6.45, 7) is 2.05. The predicted octanol–water partition coefficient (Wildman–Crippen LogP) is 2.76. The van der Waals surface area contributed by atoms with Crippen LogP contribution in [-0.4, -0.2) is 30.2 Å². The summed E-state index contributed by atoms with van der Waals surface area (Å²) in [7, 11) is 0. The minimum Gasteiger partial charge on any atom is -0.438 e. The maximum atomic E-state index is 5.63. The summed E-state index contributed by atoms with van der Waals surface area (Å²) in [4.78, 5) is 8.06. The summed E-state index contributed by atoms with van der Waals surface area (Å²) in [5.74, 6) is 2.03. The van der Waals surface area contributed by atoms with Crippen LogP contribution in [0.2, 0.25) is 0 Å². The maximum absolute atomic E-state index is 5.63. The van der Waals surface area contributed by atoms with Crippen molar-refractivity contribution >= 4 is 5.69 Å². The third-order valence-corrected chi connectivity index (χ3v) is 3.80. The second kappa shape index (κ2) is 6.23. The van der Waals surface area contributed by atoms with E-state index in [1.165, 1.54) is 0 Å². The highest BCUT2D eigenvalue weighted by molar-refractivity contribution is 5.47. The number of hydrogen-bond acceptors (Lipinski definition) is 7. The molecule has 3 aromatic rings. The smallest absolute Gasteiger partial charge is 0.237 e. The molecule has 0 radical (unpaired) electrons. The van der Waals surface area contributed by atoms with Crippen molar-refractivity contribution in [3.8, 4) is 11.6 Å². The molecule has 24 heavy (non-hydrogen) atoms. The van der Waals surface area contributed by atoms with E-state index >= 15 is 0 Å². The molecule has 1 aliphatic carbocycles. The van der Waals surface area contributed by atoms with Crippen LogP contribution >= 0.6 is 0 Å². The van der Waals surface area contributed by atoms with E-state index in [9.17, 15) is 0 Å². The lowest BCUT2D eigenvalue weighted by molar-refractivity contribution is 0.460. The largest absolute Gasteiger partial charge is 0.438 e. The molecule has 2 heterocycles. The van der Waals surface area contributed by atoms with Crippen molar-refractivity contribution in [1.82, 2.24) is 30.2 Å². The standard InChI is InChI=1S/C16H17N7O/c1-11(16-20-21-22-23(16)13-4-5-13)19-12-2-6-14(7-3-12)24-15-10-17-8-9-18-15/h2-3,6-11,13,19H,4-5H2,1H3. The van der Waals surface area contributed by atoms with Crippen molar-refractivity contribution in [2.24, 2.45) is 0 Å². The number of nitrogens with one attached hydrogen (secondary N) is 1. The van der Waals surface area contributed by atoms with Crippen LogP contribution in [0.15, 0.2) is 42.9 Å². The third-order valence-electron chi connectivity index (χ3n) is 3.80. The zero-order valence-electron chi connectivity index (χ0n) is 13.2. The molecule has 1 unspecified atom stereocenters. The lowest BCUT2D eigenvalue weighted by atomic mass is 10.2. The first-order valence-corrected chi connectivity index (χ1v) is 7.88. The van der Waals surface area contributed by atoms with Crippen LogP contribution in [0.4, 0.5) is 5.69 Å². The summed E-state index contributed by atoms with van der Waals surface area (Å²) >= 11 is 0. The lowest BCUT2D eigenvalue weighted by Gasteiger charge is -2.15. The second-order valence-corrected chi connectivity index (χ2v) is 5.75. The molecule has 0 aliphatic heterocycles. The fraction of sp³-hybridized carbons (Fsp3) is 0.312. The first kappa shape index (κ1) is 14.6. The average Bonchev–Trinajstić information content (AvgIpc) is 3.34. The molecule has 1 atom stereocenters. The van der Waals surface area contributed by atoms with E-state index in [0.29, 0.717) is 17.7 Å². The van der Waals surface area contributed by atoms with E-state index in [1.54, 1.807) is 18.6 Å². The molecule has 8 heteroatoms. The fourth-order valence-corrected chi connectivity index (χ4v) is 2.46. The van der Waals surface area contributed by atoms with Gasteiger partial charge in [0.2, 0.25) is 5.88 Å². The zero-order valence-corrected chi connectivity index (χ0v) is 13.2. The van der Waals surface area contributed by atoms with Crippen LogP contribution in [0.5, 0.6) is 11.6 Å². The Morgan fingerprint density at radius 1 is 1.21 bits per heavy atom. The van der Waals surface area contributed by atoms with E-state index in [1.807, 2.05) is 28.9 Å². The monoisotopic (exact) mass is 323 g/mol. The Balaban J connectivity index is 1.42.